The molecule has 0 bridgehead atoms. The zero-order chi connectivity index (χ0) is 10.7. The van der Waals surface area contributed by atoms with E-state index in [4.69, 9.17) is 23.2 Å². The molecule has 0 unspecified atom stereocenters. The first-order valence-electron chi connectivity index (χ1n) is 3.39. The van der Waals surface area contributed by atoms with E-state index in [2.05, 4.69) is 15.9 Å². The standard InChI is InChI=1S/C6H4BrCl2NO2S2/c7-5(9)3(8)4(10(11)12)6-13-1-2-14-6/h1-2H2/b5-3+. The van der Waals surface area contributed by atoms with E-state index in [1.165, 1.54) is 23.5 Å². The second-order valence-corrected chi connectivity index (χ2v) is 6.64. The molecule has 14 heavy (non-hydrogen) atoms. The van der Waals surface area contributed by atoms with E-state index in [1.54, 1.807) is 0 Å². The van der Waals surface area contributed by atoms with Crippen LogP contribution in [-0.4, -0.2) is 16.4 Å². The summed E-state index contributed by atoms with van der Waals surface area (Å²) in [5, 5.41) is 10.7. The summed E-state index contributed by atoms with van der Waals surface area (Å²) >= 11 is 17.1. The van der Waals surface area contributed by atoms with Gasteiger partial charge in [-0.25, -0.2) is 0 Å². The van der Waals surface area contributed by atoms with Crippen LogP contribution in [0.1, 0.15) is 0 Å². The summed E-state index contributed by atoms with van der Waals surface area (Å²) in [6.07, 6.45) is 0. The number of allylic oxidation sites excluding steroid dienone is 1. The molecule has 0 N–H and O–H groups in total. The first-order valence-corrected chi connectivity index (χ1v) is 6.91. The van der Waals surface area contributed by atoms with Crippen molar-refractivity contribution in [3.05, 3.63) is 29.0 Å². The molecule has 1 aliphatic heterocycles. The molecule has 0 spiro atoms. The lowest BCUT2D eigenvalue weighted by molar-refractivity contribution is -0.419. The van der Waals surface area contributed by atoms with Crippen LogP contribution in [0.15, 0.2) is 18.9 Å². The van der Waals surface area contributed by atoms with Gasteiger partial charge in [0.05, 0.1) is 4.92 Å². The molecule has 3 nitrogen and oxygen atoms in total. The number of thioether (sulfide) groups is 2. The number of nitrogens with zero attached hydrogens (tertiary/aromatic N) is 1. The Morgan fingerprint density at radius 2 is 1.93 bits per heavy atom. The van der Waals surface area contributed by atoms with Crippen molar-refractivity contribution >= 4 is 62.7 Å². The predicted molar refractivity (Wildman–Crippen MR) is 66.6 cm³/mol. The summed E-state index contributed by atoms with van der Waals surface area (Å²) in [6.45, 7) is 0. The summed E-state index contributed by atoms with van der Waals surface area (Å²) in [5.41, 5.74) is -0.110. The summed E-state index contributed by atoms with van der Waals surface area (Å²) in [5.74, 6) is 1.73. The van der Waals surface area contributed by atoms with Crippen LogP contribution in [0.3, 0.4) is 0 Å². The molecular formula is C6H4BrCl2NO2S2. The Hall–Kier alpha value is 0.640. The highest BCUT2D eigenvalue weighted by atomic mass is 79.9. The molecule has 8 heteroatoms. The maximum atomic E-state index is 10.8. The Kier molecular flexibility index (Phi) is 5.13. The van der Waals surface area contributed by atoms with E-state index < -0.39 is 4.92 Å². The first-order chi connectivity index (χ1) is 6.54. The third-order valence-corrected chi connectivity index (χ3v) is 5.27. The van der Waals surface area contributed by atoms with Gasteiger partial charge in [-0.1, -0.05) is 23.2 Å². The minimum Gasteiger partial charge on any atom is -0.258 e. The van der Waals surface area contributed by atoms with Crippen LogP contribution in [0.25, 0.3) is 0 Å². The van der Waals surface area contributed by atoms with Gasteiger partial charge in [-0.3, -0.25) is 10.1 Å². The molecule has 0 amide bonds. The van der Waals surface area contributed by atoms with Gasteiger partial charge in [0.1, 0.15) is 13.2 Å². The Morgan fingerprint density at radius 3 is 2.29 bits per heavy atom. The third-order valence-electron chi connectivity index (χ3n) is 1.30. The molecule has 1 aliphatic rings. The molecule has 0 atom stereocenters. The number of nitro groups is 1. The largest absolute Gasteiger partial charge is 0.309 e. The first kappa shape index (κ1) is 12.7. The molecule has 0 saturated carbocycles. The molecule has 1 rings (SSSR count). The molecular weight excluding hydrogens is 333 g/mol. The van der Waals surface area contributed by atoms with Gasteiger partial charge >= 0.3 is 5.70 Å². The topological polar surface area (TPSA) is 43.1 Å². The Morgan fingerprint density at radius 1 is 1.43 bits per heavy atom. The molecule has 0 aromatic heterocycles. The van der Waals surface area contributed by atoms with Gasteiger partial charge in [0, 0.05) is 11.5 Å². The SMILES string of the molecule is O=[N+]([O-])C(=C1SCCS1)/C(Cl)=C(\Cl)Br. The minimum atomic E-state index is -0.507. The monoisotopic (exact) mass is 335 g/mol. The molecule has 0 aromatic rings. The average molecular weight is 337 g/mol. The second-order valence-electron chi connectivity index (χ2n) is 2.16. The Labute approximate surface area is 108 Å². The van der Waals surface area contributed by atoms with Crippen LogP contribution < -0.4 is 0 Å². The van der Waals surface area contributed by atoms with Gasteiger partial charge in [-0.2, -0.15) is 0 Å². The van der Waals surface area contributed by atoms with Crippen LogP contribution in [-0.2, 0) is 0 Å². The smallest absolute Gasteiger partial charge is 0.258 e. The molecule has 78 valence electrons. The van der Waals surface area contributed by atoms with E-state index in [9.17, 15) is 10.1 Å². The third kappa shape index (κ3) is 3.06. The van der Waals surface area contributed by atoms with Gasteiger partial charge in [0.15, 0.2) is 0 Å². The van der Waals surface area contributed by atoms with Crippen LogP contribution in [0, 0.1) is 10.1 Å². The molecule has 1 saturated heterocycles. The normalized spacial score (nSPS) is 18.1. The molecule has 0 aromatic carbocycles. The second kappa shape index (κ2) is 5.65. The number of hydrogen-bond acceptors (Lipinski definition) is 4. The van der Waals surface area contributed by atoms with Crippen LogP contribution in [0.4, 0.5) is 0 Å². The van der Waals surface area contributed by atoms with Gasteiger partial charge in [-0.15, -0.1) is 23.5 Å². The van der Waals surface area contributed by atoms with Crippen molar-refractivity contribution in [3.63, 3.8) is 0 Å². The molecule has 0 aliphatic carbocycles. The zero-order valence-corrected chi connectivity index (χ0v) is 11.4. The van der Waals surface area contributed by atoms with E-state index in [-0.39, 0.29) is 14.7 Å². The fraction of sp³-hybridized carbons (Fsp3) is 0.333. The highest BCUT2D eigenvalue weighted by Gasteiger charge is 2.27. The zero-order valence-electron chi connectivity index (χ0n) is 6.63. The van der Waals surface area contributed by atoms with Crippen LogP contribution in [0.5, 0.6) is 0 Å². The van der Waals surface area contributed by atoms with E-state index >= 15 is 0 Å². The Balaban J connectivity index is 3.13. The number of halogens is 3. The van der Waals surface area contributed by atoms with Gasteiger partial charge in [0.2, 0.25) is 0 Å². The molecule has 0 radical (unpaired) electrons. The molecule has 1 fully saturated rings. The van der Waals surface area contributed by atoms with Gasteiger partial charge in [-0.05, 0) is 15.9 Å². The average Bonchev–Trinajstić information content (AvgIpc) is 2.56. The minimum absolute atomic E-state index is 0.0476. The van der Waals surface area contributed by atoms with Crippen LogP contribution in [0.2, 0.25) is 0 Å². The lowest BCUT2D eigenvalue weighted by Gasteiger charge is -1.99. The fourth-order valence-electron chi connectivity index (χ4n) is 0.781. The summed E-state index contributed by atoms with van der Waals surface area (Å²) in [4.78, 5) is 10.2. The quantitative estimate of drug-likeness (QED) is 0.565. The van der Waals surface area contributed by atoms with Crippen molar-refractivity contribution in [2.45, 2.75) is 0 Å². The Bertz CT molecular complexity index is 320. The maximum absolute atomic E-state index is 10.8. The van der Waals surface area contributed by atoms with Crippen molar-refractivity contribution < 1.29 is 4.92 Å². The highest BCUT2D eigenvalue weighted by Crippen LogP contribution is 2.42. The van der Waals surface area contributed by atoms with Crippen LogP contribution >= 0.6 is 62.7 Å². The highest BCUT2D eigenvalue weighted by molar-refractivity contribution is 9.12. The molecule has 1 heterocycles. The number of hydrogen-bond donors (Lipinski definition) is 0. The van der Waals surface area contributed by atoms with Crippen molar-refractivity contribution in [3.8, 4) is 0 Å². The fourth-order valence-corrected chi connectivity index (χ4v) is 3.83. The predicted octanol–water partition coefficient (Wildman–Crippen LogP) is 3.95. The van der Waals surface area contributed by atoms with Gasteiger partial charge < -0.3 is 0 Å². The maximum Gasteiger partial charge on any atom is 0.309 e. The van der Waals surface area contributed by atoms with E-state index in [0.29, 0.717) is 4.24 Å². The lowest BCUT2D eigenvalue weighted by atomic mass is 10.5. The summed E-state index contributed by atoms with van der Waals surface area (Å²) < 4.78 is 0.684. The van der Waals surface area contributed by atoms with Crippen molar-refractivity contribution in [2.24, 2.45) is 0 Å². The summed E-state index contributed by atoms with van der Waals surface area (Å²) in [6, 6.07) is 0. The van der Waals surface area contributed by atoms with Crippen molar-refractivity contribution in [1.29, 1.82) is 0 Å². The number of rotatable bonds is 2. The van der Waals surface area contributed by atoms with Gasteiger partial charge in [0.25, 0.3) is 0 Å². The van der Waals surface area contributed by atoms with E-state index in [1.807, 2.05) is 0 Å². The lowest BCUT2D eigenvalue weighted by Crippen LogP contribution is -2.00. The van der Waals surface area contributed by atoms with E-state index in [0.717, 1.165) is 11.5 Å². The summed E-state index contributed by atoms with van der Waals surface area (Å²) in [7, 11) is 0. The van der Waals surface area contributed by atoms with Crippen molar-refractivity contribution in [2.75, 3.05) is 11.5 Å². The van der Waals surface area contributed by atoms with Crippen molar-refractivity contribution in [1.82, 2.24) is 0 Å².